The zero-order valence-electron chi connectivity index (χ0n) is 23.4. The van der Waals surface area contributed by atoms with Gasteiger partial charge in [-0.2, -0.15) is 9.36 Å². The van der Waals surface area contributed by atoms with Crippen molar-refractivity contribution in [2.24, 2.45) is 0 Å². The van der Waals surface area contributed by atoms with Gasteiger partial charge in [0, 0.05) is 68.5 Å². The maximum absolute atomic E-state index is 14.2. The van der Waals surface area contributed by atoms with Crippen molar-refractivity contribution in [3.63, 3.8) is 0 Å². The fourth-order valence-corrected chi connectivity index (χ4v) is 7.08. The van der Waals surface area contributed by atoms with Gasteiger partial charge in [-0.15, -0.1) is 22.7 Å². The molecule has 0 spiro atoms. The van der Waals surface area contributed by atoms with E-state index in [0.717, 1.165) is 32.6 Å². The second-order valence-corrected chi connectivity index (χ2v) is 12.7. The first-order valence-electron chi connectivity index (χ1n) is 13.5. The van der Waals surface area contributed by atoms with E-state index in [-0.39, 0.29) is 11.1 Å². The van der Waals surface area contributed by atoms with Crippen LogP contribution in [0.5, 0.6) is 0 Å². The number of nitrogens with zero attached hydrogens (tertiary/aromatic N) is 6. The molecule has 0 bridgehead atoms. The quantitative estimate of drug-likeness (QED) is 0.205. The SMILES string of the molecule is Cc1[nH]n(-c2nc(-c3cccnc3)cs2)c(=O)c1C(c1ccc(Br)cc1)c1c(C)[nH]n(-c2nc(-c3cccnc3)cs2)c1=O. The standard InChI is InChI=1S/C31H23BrN8O2S2/c1-17-25(28(41)39(37-17)30-35-23(15-43-30)20-5-3-11-33-13-20)27(19-7-9-22(32)10-8-19)26-18(2)38-40(29(26)42)31-36-24(16-44-31)21-6-4-12-34-14-21/h3-16,27,37-38H,1-2H3. The highest BCUT2D eigenvalue weighted by Gasteiger charge is 2.31. The summed E-state index contributed by atoms with van der Waals surface area (Å²) in [6.45, 7) is 3.69. The molecule has 2 N–H and O–H groups in total. The maximum atomic E-state index is 14.2. The van der Waals surface area contributed by atoms with Gasteiger partial charge in [-0.05, 0) is 55.8 Å². The van der Waals surface area contributed by atoms with Crippen LogP contribution >= 0.6 is 38.6 Å². The molecule has 0 radical (unpaired) electrons. The summed E-state index contributed by atoms with van der Waals surface area (Å²) in [7, 11) is 0. The number of aromatic amines is 2. The molecular formula is C31H23BrN8O2S2. The molecule has 7 rings (SSSR count). The highest BCUT2D eigenvalue weighted by molar-refractivity contribution is 9.10. The van der Waals surface area contributed by atoms with Crippen LogP contribution < -0.4 is 11.1 Å². The zero-order chi connectivity index (χ0) is 30.4. The van der Waals surface area contributed by atoms with Crippen LogP contribution in [-0.2, 0) is 0 Å². The van der Waals surface area contributed by atoms with Crippen LogP contribution in [-0.4, -0.2) is 39.5 Å². The molecule has 0 aliphatic carbocycles. The molecule has 0 unspecified atom stereocenters. The van der Waals surface area contributed by atoms with Crippen molar-refractivity contribution in [2.75, 3.05) is 0 Å². The number of aryl methyl sites for hydroxylation is 2. The fraction of sp³-hybridized carbons (Fsp3) is 0.0968. The molecule has 1 aromatic carbocycles. The Morgan fingerprint density at radius 3 is 1.64 bits per heavy atom. The van der Waals surface area contributed by atoms with Crippen molar-refractivity contribution in [3.05, 3.63) is 137 Å². The Bertz CT molecular complexity index is 2070. The van der Waals surface area contributed by atoms with Gasteiger partial charge in [-0.25, -0.2) is 9.97 Å². The zero-order valence-corrected chi connectivity index (χ0v) is 26.6. The molecule has 13 heteroatoms. The van der Waals surface area contributed by atoms with Gasteiger partial charge in [-0.3, -0.25) is 29.8 Å². The summed E-state index contributed by atoms with van der Waals surface area (Å²) in [6.07, 6.45) is 6.88. The highest BCUT2D eigenvalue weighted by atomic mass is 79.9. The van der Waals surface area contributed by atoms with Crippen LogP contribution in [0.1, 0.15) is 34.0 Å². The van der Waals surface area contributed by atoms with Crippen LogP contribution in [0, 0.1) is 13.8 Å². The summed E-state index contributed by atoms with van der Waals surface area (Å²) in [5.74, 6) is -0.659. The van der Waals surface area contributed by atoms with E-state index in [1.165, 1.54) is 32.0 Å². The van der Waals surface area contributed by atoms with Crippen LogP contribution in [0.25, 0.3) is 32.8 Å². The third-order valence-corrected chi connectivity index (χ3v) is 9.48. The Labute approximate surface area is 266 Å². The largest absolute Gasteiger partial charge is 0.293 e. The third kappa shape index (κ3) is 4.98. The Balaban J connectivity index is 1.36. The molecule has 0 fully saturated rings. The van der Waals surface area contributed by atoms with E-state index >= 15 is 0 Å². The Hall–Kier alpha value is -4.72. The van der Waals surface area contributed by atoms with E-state index < -0.39 is 5.92 Å². The van der Waals surface area contributed by atoms with Gasteiger partial charge >= 0.3 is 0 Å². The molecule has 0 aliphatic heterocycles. The lowest BCUT2D eigenvalue weighted by atomic mass is 9.85. The lowest BCUT2D eigenvalue weighted by Gasteiger charge is -2.16. The van der Waals surface area contributed by atoms with Crippen LogP contribution in [0.15, 0.2) is 98.1 Å². The van der Waals surface area contributed by atoms with Gasteiger partial charge in [0.05, 0.1) is 22.5 Å². The number of H-pyrrole nitrogens is 2. The van der Waals surface area contributed by atoms with E-state index in [4.69, 9.17) is 9.97 Å². The minimum absolute atomic E-state index is 0.276. The van der Waals surface area contributed by atoms with Gasteiger partial charge in [0.1, 0.15) is 0 Å². The first-order chi connectivity index (χ1) is 21.4. The van der Waals surface area contributed by atoms with E-state index in [9.17, 15) is 9.59 Å². The summed E-state index contributed by atoms with van der Waals surface area (Å²) in [6, 6.07) is 15.2. The van der Waals surface area contributed by atoms with Crippen molar-refractivity contribution in [2.45, 2.75) is 19.8 Å². The number of thiazole rings is 2. The van der Waals surface area contributed by atoms with Crippen molar-refractivity contribution in [1.82, 2.24) is 39.5 Å². The molecule has 218 valence electrons. The summed E-state index contributed by atoms with van der Waals surface area (Å²) in [5.41, 5.74) is 5.62. The van der Waals surface area contributed by atoms with E-state index in [2.05, 4.69) is 36.1 Å². The Morgan fingerprint density at radius 1 is 0.727 bits per heavy atom. The number of halogens is 1. The average molecular weight is 684 g/mol. The number of nitrogens with one attached hydrogen (secondary N) is 2. The molecule has 6 aromatic heterocycles. The molecule has 0 aliphatic rings. The number of benzene rings is 1. The van der Waals surface area contributed by atoms with Gasteiger partial charge < -0.3 is 0 Å². The number of aromatic nitrogens is 8. The topological polar surface area (TPSA) is 127 Å². The minimum atomic E-state index is -0.659. The number of hydrogen-bond acceptors (Lipinski definition) is 8. The third-order valence-electron chi connectivity index (χ3n) is 7.30. The van der Waals surface area contributed by atoms with Gasteiger partial charge in [0.25, 0.3) is 11.1 Å². The Morgan fingerprint density at radius 2 is 1.20 bits per heavy atom. The molecule has 10 nitrogen and oxygen atoms in total. The van der Waals surface area contributed by atoms with E-state index in [1.54, 1.807) is 24.8 Å². The molecule has 0 atom stereocenters. The van der Waals surface area contributed by atoms with Crippen LogP contribution in [0.2, 0.25) is 0 Å². The fourth-order valence-electron chi connectivity index (χ4n) is 5.23. The lowest BCUT2D eigenvalue weighted by molar-refractivity contribution is 0.822. The second kappa shape index (κ2) is 11.4. The Kier molecular flexibility index (Phi) is 7.28. The van der Waals surface area contributed by atoms with Gasteiger partial charge in [0.15, 0.2) is 0 Å². The lowest BCUT2D eigenvalue weighted by Crippen LogP contribution is -2.25. The predicted molar refractivity (Wildman–Crippen MR) is 175 cm³/mol. The molecule has 6 heterocycles. The summed E-state index contributed by atoms with van der Waals surface area (Å²) in [5, 5.41) is 11.2. The van der Waals surface area contributed by atoms with E-state index in [0.29, 0.717) is 32.8 Å². The molecule has 7 aromatic rings. The molecule has 0 saturated heterocycles. The smallest absolute Gasteiger partial charge is 0.277 e. The molecule has 0 amide bonds. The van der Waals surface area contributed by atoms with Crippen molar-refractivity contribution in [1.29, 1.82) is 0 Å². The van der Waals surface area contributed by atoms with Crippen molar-refractivity contribution >= 4 is 38.6 Å². The average Bonchev–Trinajstić information content (AvgIpc) is 3.84. The van der Waals surface area contributed by atoms with Crippen LogP contribution in [0.4, 0.5) is 0 Å². The van der Waals surface area contributed by atoms with Crippen molar-refractivity contribution in [3.8, 4) is 32.8 Å². The minimum Gasteiger partial charge on any atom is -0.293 e. The second-order valence-electron chi connectivity index (χ2n) is 10.1. The number of rotatable bonds is 7. The maximum Gasteiger partial charge on any atom is 0.277 e. The normalized spacial score (nSPS) is 11.5. The van der Waals surface area contributed by atoms with Gasteiger partial charge in [0.2, 0.25) is 10.3 Å². The van der Waals surface area contributed by atoms with Gasteiger partial charge in [-0.1, -0.05) is 28.1 Å². The van der Waals surface area contributed by atoms with Crippen LogP contribution in [0.3, 0.4) is 0 Å². The first kappa shape index (κ1) is 28.1. The number of hydrogen-bond donors (Lipinski definition) is 2. The molecule has 0 saturated carbocycles. The molecular weight excluding hydrogens is 660 g/mol. The summed E-state index contributed by atoms with van der Waals surface area (Å²) in [4.78, 5) is 46.2. The summed E-state index contributed by atoms with van der Waals surface area (Å²) < 4.78 is 3.79. The molecule has 44 heavy (non-hydrogen) atoms. The number of pyridine rings is 2. The summed E-state index contributed by atoms with van der Waals surface area (Å²) >= 11 is 6.21. The van der Waals surface area contributed by atoms with Crippen molar-refractivity contribution < 1.29 is 0 Å². The highest BCUT2D eigenvalue weighted by Crippen LogP contribution is 2.34. The first-order valence-corrected chi connectivity index (χ1v) is 16.1. The monoisotopic (exact) mass is 682 g/mol. The predicted octanol–water partition coefficient (Wildman–Crippen LogP) is 6.24. The van der Waals surface area contributed by atoms with E-state index in [1.807, 2.05) is 73.1 Å².